The molecule has 0 spiro atoms. The number of hydrogen-bond donors (Lipinski definition) is 1. The Labute approximate surface area is 115 Å². The lowest BCUT2D eigenvalue weighted by molar-refractivity contribution is -0.387. The Bertz CT molecular complexity index is 642. The molecule has 0 radical (unpaired) electrons. The van der Waals surface area contributed by atoms with Crippen LogP contribution in [-0.2, 0) is 14.8 Å². The van der Waals surface area contributed by atoms with Crippen molar-refractivity contribution in [3.8, 4) is 0 Å². The molecule has 0 saturated heterocycles. The zero-order chi connectivity index (χ0) is 15.5. The maximum absolute atomic E-state index is 13.1. The quantitative estimate of drug-likeness (QED) is 0.628. The number of carbonyl (C=O) groups is 1. The number of carbonyl (C=O) groups excluding carboxylic acids is 1. The van der Waals surface area contributed by atoms with Crippen LogP contribution in [0.15, 0.2) is 23.1 Å². The number of hydrogen-bond acceptors (Lipinski definition) is 5. The lowest BCUT2D eigenvalue weighted by atomic mass is 10.1. The predicted molar refractivity (Wildman–Crippen MR) is 68.1 cm³/mol. The summed E-state index contributed by atoms with van der Waals surface area (Å²) in [5.74, 6) is -1.81. The fraction of sp³-hybridized carbons (Fsp3) is 0.364. The fourth-order valence-corrected chi connectivity index (χ4v) is 2.27. The van der Waals surface area contributed by atoms with Gasteiger partial charge in [-0.3, -0.25) is 14.9 Å². The summed E-state index contributed by atoms with van der Waals surface area (Å²) >= 11 is 0. The molecule has 0 unspecified atom stereocenters. The lowest BCUT2D eigenvalue weighted by Crippen LogP contribution is -2.31. The molecule has 0 heterocycles. The Hall–Kier alpha value is -1.87. The van der Waals surface area contributed by atoms with Gasteiger partial charge in [-0.15, -0.1) is 0 Å². The Balaban J connectivity index is 3.02. The lowest BCUT2D eigenvalue weighted by Gasteiger charge is -2.07. The van der Waals surface area contributed by atoms with Crippen molar-refractivity contribution in [1.29, 1.82) is 0 Å². The Kier molecular flexibility index (Phi) is 4.90. The summed E-state index contributed by atoms with van der Waals surface area (Å²) in [7, 11) is -4.10. The molecule has 1 aromatic carbocycles. The molecule has 0 aliphatic heterocycles. The van der Waals surface area contributed by atoms with Crippen molar-refractivity contribution >= 4 is 21.5 Å². The van der Waals surface area contributed by atoms with Gasteiger partial charge in [-0.25, -0.2) is 13.1 Å². The summed E-state index contributed by atoms with van der Waals surface area (Å²) in [6, 6.07) is 2.19. The van der Waals surface area contributed by atoms with Crippen LogP contribution in [0.3, 0.4) is 0 Å². The molecule has 0 fully saturated rings. The normalized spacial score (nSPS) is 11.6. The van der Waals surface area contributed by atoms with E-state index in [1.165, 1.54) is 0 Å². The number of rotatable bonds is 6. The van der Waals surface area contributed by atoms with Gasteiger partial charge in [0.2, 0.25) is 15.8 Å². The third kappa shape index (κ3) is 3.81. The van der Waals surface area contributed by atoms with E-state index in [0.717, 1.165) is 6.07 Å². The SMILES string of the molecule is CC(C)C(=O)CNS(=O)(=O)c1ccc(F)c([N+](=O)[O-])c1. The monoisotopic (exact) mass is 304 g/mol. The molecular weight excluding hydrogens is 291 g/mol. The Morgan fingerprint density at radius 2 is 2.05 bits per heavy atom. The first-order chi connectivity index (χ1) is 9.15. The molecule has 1 N–H and O–H groups in total. The third-order valence-corrected chi connectivity index (χ3v) is 3.90. The number of halogens is 1. The number of nitrogens with zero attached hydrogens (tertiary/aromatic N) is 1. The first-order valence-corrected chi connectivity index (χ1v) is 7.10. The van der Waals surface area contributed by atoms with Crippen LogP contribution in [0.25, 0.3) is 0 Å². The van der Waals surface area contributed by atoms with Gasteiger partial charge in [0.05, 0.1) is 16.4 Å². The summed E-state index contributed by atoms with van der Waals surface area (Å²) in [5.41, 5.74) is -0.942. The van der Waals surface area contributed by atoms with Crippen LogP contribution < -0.4 is 4.72 Å². The van der Waals surface area contributed by atoms with Gasteiger partial charge in [0.1, 0.15) is 5.78 Å². The van der Waals surface area contributed by atoms with Crippen molar-refractivity contribution in [2.75, 3.05) is 6.54 Å². The molecule has 7 nitrogen and oxygen atoms in total. The van der Waals surface area contributed by atoms with Crippen LogP contribution in [0, 0.1) is 21.8 Å². The van der Waals surface area contributed by atoms with E-state index in [4.69, 9.17) is 0 Å². The summed E-state index contributed by atoms with van der Waals surface area (Å²) < 4.78 is 38.8. The minimum absolute atomic E-state index is 0.329. The summed E-state index contributed by atoms with van der Waals surface area (Å²) in [6.45, 7) is 2.80. The van der Waals surface area contributed by atoms with E-state index in [0.29, 0.717) is 12.1 Å². The van der Waals surface area contributed by atoms with Crippen molar-refractivity contribution < 1.29 is 22.5 Å². The standard InChI is InChI=1S/C11H13FN2O5S/c1-7(2)11(15)6-13-20(18,19)8-3-4-9(12)10(5-8)14(16)17/h3-5,7,13H,6H2,1-2H3. The first-order valence-electron chi connectivity index (χ1n) is 5.61. The van der Waals surface area contributed by atoms with Gasteiger partial charge in [0, 0.05) is 12.0 Å². The number of nitrogens with one attached hydrogen (secondary N) is 1. The van der Waals surface area contributed by atoms with Gasteiger partial charge in [-0.05, 0) is 12.1 Å². The third-order valence-electron chi connectivity index (χ3n) is 2.50. The van der Waals surface area contributed by atoms with Crippen LogP contribution >= 0.6 is 0 Å². The van der Waals surface area contributed by atoms with Crippen LogP contribution in [0.4, 0.5) is 10.1 Å². The Morgan fingerprint density at radius 1 is 1.45 bits per heavy atom. The topological polar surface area (TPSA) is 106 Å². The predicted octanol–water partition coefficient (Wildman–Crippen LogP) is 1.24. The van der Waals surface area contributed by atoms with Gasteiger partial charge in [0.25, 0.3) is 0 Å². The second-order valence-corrected chi connectivity index (χ2v) is 6.08. The highest BCUT2D eigenvalue weighted by Crippen LogP contribution is 2.21. The largest absolute Gasteiger partial charge is 0.306 e. The molecule has 0 bridgehead atoms. The molecule has 0 atom stereocenters. The molecule has 0 aromatic heterocycles. The number of sulfonamides is 1. The van der Waals surface area contributed by atoms with Crippen molar-refractivity contribution in [3.63, 3.8) is 0 Å². The van der Waals surface area contributed by atoms with Gasteiger partial charge in [0.15, 0.2) is 0 Å². The Morgan fingerprint density at radius 3 is 2.55 bits per heavy atom. The average Bonchev–Trinajstić information content (AvgIpc) is 2.35. The molecular formula is C11H13FN2O5S. The summed E-state index contributed by atoms with van der Waals surface area (Å²) in [5, 5.41) is 10.6. The fourth-order valence-electron chi connectivity index (χ4n) is 1.25. The minimum Gasteiger partial charge on any atom is -0.298 e. The molecule has 1 aromatic rings. The van der Waals surface area contributed by atoms with Gasteiger partial charge < -0.3 is 0 Å². The number of nitro benzene ring substituents is 1. The molecule has 1 rings (SSSR count). The van der Waals surface area contributed by atoms with E-state index >= 15 is 0 Å². The van der Waals surface area contributed by atoms with E-state index in [9.17, 15) is 27.7 Å². The smallest absolute Gasteiger partial charge is 0.298 e. The van der Waals surface area contributed by atoms with Gasteiger partial charge >= 0.3 is 5.69 Å². The van der Waals surface area contributed by atoms with Crippen molar-refractivity contribution in [2.24, 2.45) is 5.92 Å². The van der Waals surface area contributed by atoms with Crippen LogP contribution in [0.1, 0.15) is 13.8 Å². The van der Waals surface area contributed by atoms with Gasteiger partial charge in [-0.1, -0.05) is 13.8 Å². The number of Topliss-reactive ketones (excluding diaryl/α,β-unsaturated/α-hetero) is 1. The molecule has 0 aliphatic carbocycles. The maximum atomic E-state index is 13.1. The van der Waals surface area contributed by atoms with E-state index in [-0.39, 0.29) is 11.7 Å². The molecule has 0 aliphatic rings. The second kappa shape index (κ2) is 6.06. The van der Waals surface area contributed by atoms with E-state index in [2.05, 4.69) is 0 Å². The van der Waals surface area contributed by atoms with E-state index < -0.39 is 37.9 Å². The summed E-state index contributed by atoms with van der Waals surface area (Å²) in [4.78, 5) is 20.4. The van der Waals surface area contributed by atoms with Gasteiger partial charge in [-0.2, -0.15) is 4.39 Å². The number of benzene rings is 1. The number of nitro groups is 1. The zero-order valence-corrected chi connectivity index (χ0v) is 11.6. The maximum Gasteiger partial charge on any atom is 0.306 e. The average molecular weight is 304 g/mol. The number of ketones is 1. The zero-order valence-electron chi connectivity index (χ0n) is 10.8. The van der Waals surface area contributed by atoms with Crippen molar-refractivity contribution in [2.45, 2.75) is 18.7 Å². The van der Waals surface area contributed by atoms with Crippen molar-refractivity contribution in [3.05, 3.63) is 34.1 Å². The first kappa shape index (κ1) is 16.2. The highest BCUT2D eigenvalue weighted by atomic mass is 32.2. The van der Waals surface area contributed by atoms with Crippen LogP contribution in [0.5, 0.6) is 0 Å². The van der Waals surface area contributed by atoms with Crippen LogP contribution in [0.2, 0.25) is 0 Å². The van der Waals surface area contributed by atoms with Crippen LogP contribution in [-0.4, -0.2) is 25.7 Å². The molecule has 0 saturated carbocycles. The molecule has 20 heavy (non-hydrogen) atoms. The second-order valence-electron chi connectivity index (χ2n) is 4.32. The molecule has 0 amide bonds. The minimum atomic E-state index is -4.10. The summed E-state index contributed by atoms with van der Waals surface area (Å²) in [6.07, 6.45) is 0. The van der Waals surface area contributed by atoms with E-state index in [1.807, 2.05) is 4.72 Å². The highest BCUT2D eigenvalue weighted by molar-refractivity contribution is 7.89. The van der Waals surface area contributed by atoms with Crippen molar-refractivity contribution in [1.82, 2.24) is 4.72 Å². The highest BCUT2D eigenvalue weighted by Gasteiger charge is 2.22. The molecule has 110 valence electrons. The molecule has 9 heteroatoms. The van der Waals surface area contributed by atoms with E-state index in [1.54, 1.807) is 13.8 Å².